The molecule has 7 heteroatoms. The highest BCUT2D eigenvalue weighted by Crippen LogP contribution is 2.15. The first-order valence-corrected chi connectivity index (χ1v) is 2.59. The van der Waals surface area contributed by atoms with Crippen LogP contribution in [0.3, 0.4) is 0 Å². The zero-order valence-electron chi connectivity index (χ0n) is 5.16. The van der Waals surface area contributed by atoms with Crippen LogP contribution in [-0.2, 0) is 9.47 Å². The molecule has 1 saturated heterocycles. The van der Waals surface area contributed by atoms with Crippen LogP contribution in [0.25, 0.3) is 0 Å². The van der Waals surface area contributed by atoms with Crippen molar-refractivity contribution in [3.05, 3.63) is 0 Å². The highest BCUT2D eigenvalue weighted by Gasteiger charge is 2.40. The van der Waals surface area contributed by atoms with Gasteiger partial charge in [-0.1, -0.05) is 0 Å². The summed E-state index contributed by atoms with van der Waals surface area (Å²) in [4.78, 5) is 10.2. The van der Waals surface area contributed by atoms with Crippen LogP contribution < -0.4 is 5.84 Å². The molecular formula is C4H4F2N2O3. The number of hydrogen-bond donors (Lipinski definition) is 1. The van der Waals surface area contributed by atoms with E-state index >= 15 is 0 Å². The molecule has 5 nitrogen and oxygen atoms in total. The van der Waals surface area contributed by atoms with E-state index in [0.29, 0.717) is 0 Å². The SMILES string of the molecule is NN=C1OC(=O)OC1C(F)F. The molecule has 62 valence electrons. The molecular weight excluding hydrogens is 162 g/mol. The van der Waals surface area contributed by atoms with E-state index in [-0.39, 0.29) is 0 Å². The van der Waals surface area contributed by atoms with Crippen LogP contribution >= 0.6 is 0 Å². The second kappa shape index (κ2) is 2.69. The summed E-state index contributed by atoms with van der Waals surface area (Å²) in [6.07, 6.45) is -5.84. The lowest BCUT2D eigenvalue weighted by molar-refractivity contribution is 0.0270. The van der Waals surface area contributed by atoms with Gasteiger partial charge in [0.1, 0.15) is 0 Å². The summed E-state index contributed by atoms with van der Waals surface area (Å²) in [6, 6.07) is 0. The number of carbonyl (C=O) groups excluding carboxylic acids is 1. The monoisotopic (exact) mass is 166 g/mol. The molecule has 1 aliphatic rings. The van der Waals surface area contributed by atoms with E-state index in [2.05, 4.69) is 20.4 Å². The van der Waals surface area contributed by atoms with Gasteiger partial charge in [0.2, 0.25) is 6.10 Å². The smallest absolute Gasteiger partial charge is 0.414 e. The third-order valence-electron chi connectivity index (χ3n) is 1.01. The molecule has 1 aliphatic heterocycles. The average Bonchev–Trinajstić information content (AvgIpc) is 2.30. The largest absolute Gasteiger partial charge is 0.516 e. The number of nitrogens with zero attached hydrogens (tertiary/aromatic N) is 1. The summed E-state index contributed by atoms with van der Waals surface area (Å²) in [5, 5.41) is 2.81. The fraction of sp³-hybridized carbons (Fsp3) is 0.500. The Morgan fingerprint density at radius 1 is 1.64 bits per heavy atom. The number of cyclic esters (lactones) is 2. The molecule has 1 atom stereocenters. The van der Waals surface area contributed by atoms with Crippen LogP contribution in [0, 0.1) is 0 Å². The number of rotatable bonds is 1. The second-order valence-electron chi connectivity index (χ2n) is 1.69. The van der Waals surface area contributed by atoms with Gasteiger partial charge < -0.3 is 15.3 Å². The maximum Gasteiger partial charge on any atom is 0.516 e. The van der Waals surface area contributed by atoms with Crippen molar-refractivity contribution in [2.75, 3.05) is 0 Å². The maximum atomic E-state index is 11.9. The van der Waals surface area contributed by atoms with Crippen LogP contribution in [-0.4, -0.2) is 24.6 Å². The molecule has 2 N–H and O–H groups in total. The van der Waals surface area contributed by atoms with E-state index in [1.54, 1.807) is 0 Å². The van der Waals surface area contributed by atoms with E-state index in [9.17, 15) is 13.6 Å². The van der Waals surface area contributed by atoms with Crippen LogP contribution in [0.15, 0.2) is 5.10 Å². The predicted octanol–water partition coefficient (Wildman–Crippen LogP) is 0.0591. The average molecular weight is 166 g/mol. The Hall–Kier alpha value is -1.40. The van der Waals surface area contributed by atoms with Gasteiger partial charge in [-0.15, -0.1) is 5.10 Å². The molecule has 0 aromatic rings. The first kappa shape index (κ1) is 7.70. The minimum Gasteiger partial charge on any atom is -0.414 e. The van der Waals surface area contributed by atoms with Crippen molar-refractivity contribution in [2.45, 2.75) is 12.5 Å². The highest BCUT2D eigenvalue weighted by atomic mass is 19.3. The topological polar surface area (TPSA) is 73.9 Å². The van der Waals surface area contributed by atoms with Gasteiger partial charge >= 0.3 is 6.16 Å². The fourth-order valence-electron chi connectivity index (χ4n) is 0.581. The van der Waals surface area contributed by atoms with Crippen LogP contribution in [0.1, 0.15) is 0 Å². The Bertz CT molecular complexity index is 206. The highest BCUT2D eigenvalue weighted by molar-refractivity contribution is 5.94. The second-order valence-corrected chi connectivity index (χ2v) is 1.69. The first-order valence-electron chi connectivity index (χ1n) is 2.59. The Labute approximate surface area is 59.8 Å². The summed E-state index contributed by atoms with van der Waals surface area (Å²) >= 11 is 0. The summed E-state index contributed by atoms with van der Waals surface area (Å²) in [6.45, 7) is 0. The lowest BCUT2D eigenvalue weighted by Crippen LogP contribution is -2.26. The van der Waals surface area contributed by atoms with Gasteiger partial charge in [-0.3, -0.25) is 0 Å². The van der Waals surface area contributed by atoms with E-state index in [1.807, 2.05) is 0 Å². The van der Waals surface area contributed by atoms with E-state index < -0.39 is 24.6 Å². The third kappa shape index (κ3) is 1.36. The number of hydrazone groups is 1. The summed E-state index contributed by atoms with van der Waals surface area (Å²) in [7, 11) is 0. The molecule has 1 unspecified atom stereocenters. The molecule has 1 rings (SSSR count). The zero-order valence-corrected chi connectivity index (χ0v) is 5.16. The number of nitrogens with two attached hydrogens (primary N) is 1. The molecule has 0 aliphatic carbocycles. The van der Waals surface area contributed by atoms with Crippen molar-refractivity contribution < 1.29 is 23.0 Å². The third-order valence-corrected chi connectivity index (χ3v) is 1.01. The predicted molar refractivity (Wildman–Crippen MR) is 29.0 cm³/mol. The Morgan fingerprint density at radius 2 is 2.27 bits per heavy atom. The van der Waals surface area contributed by atoms with Gasteiger partial charge in [-0.2, -0.15) is 0 Å². The normalized spacial score (nSPS) is 27.4. The molecule has 0 radical (unpaired) electrons. The van der Waals surface area contributed by atoms with Crippen molar-refractivity contribution in [2.24, 2.45) is 10.9 Å². The molecule has 0 amide bonds. The summed E-state index contributed by atoms with van der Waals surface area (Å²) in [5.74, 6) is 4.03. The number of alkyl halides is 2. The maximum absolute atomic E-state index is 11.9. The number of hydrogen-bond acceptors (Lipinski definition) is 5. The number of halogens is 2. The number of ether oxygens (including phenoxy) is 2. The van der Waals surface area contributed by atoms with Crippen LogP contribution in [0.4, 0.5) is 13.6 Å². The van der Waals surface area contributed by atoms with Crippen molar-refractivity contribution in [3.63, 3.8) is 0 Å². The van der Waals surface area contributed by atoms with Crippen molar-refractivity contribution >= 4 is 12.1 Å². The standard InChI is InChI=1S/C4H4F2N2O3/c5-2(6)1-3(8-7)11-4(9)10-1/h1-2H,7H2. The van der Waals surface area contributed by atoms with E-state index in [0.717, 1.165) is 0 Å². The minimum absolute atomic E-state index is 0.593. The molecule has 0 aromatic heterocycles. The van der Waals surface area contributed by atoms with Gasteiger partial charge in [-0.05, 0) is 0 Å². The molecule has 1 fully saturated rings. The van der Waals surface area contributed by atoms with Crippen LogP contribution in [0.5, 0.6) is 0 Å². The van der Waals surface area contributed by atoms with Crippen molar-refractivity contribution in [1.29, 1.82) is 0 Å². The van der Waals surface area contributed by atoms with Crippen LogP contribution in [0.2, 0.25) is 0 Å². The molecule has 0 aromatic carbocycles. The molecule has 11 heavy (non-hydrogen) atoms. The van der Waals surface area contributed by atoms with E-state index in [1.165, 1.54) is 0 Å². The lowest BCUT2D eigenvalue weighted by Gasteiger charge is -2.02. The Balaban J connectivity index is 2.73. The van der Waals surface area contributed by atoms with Gasteiger partial charge in [0, 0.05) is 0 Å². The van der Waals surface area contributed by atoms with Gasteiger partial charge in [-0.25, -0.2) is 13.6 Å². The molecule has 0 spiro atoms. The summed E-state index contributed by atoms with van der Waals surface area (Å²) in [5.41, 5.74) is 0. The van der Waals surface area contributed by atoms with Crippen molar-refractivity contribution in [3.8, 4) is 0 Å². The van der Waals surface area contributed by atoms with E-state index in [4.69, 9.17) is 0 Å². The van der Waals surface area contributed by atoms with Gasteiger partial charge in [0.15, 0.2) is 0 Å². The Morgan fingerprint density at radius 3 is 2.64 bits per heavy atom. The zero-order chi connectivity index (χ0) is 8.43. The molecule has 0 saturated carbocycles. The first-order chi connectivity index (χ1) is 5.15. The molecule has 0 bridgehead atoms. The van der Waals surface area contributed by atoms with Gasteiger partial charge in [0.05, 0.1) is 0 Å². The number of carbonyl (C=O) groups is 1. The molecule has 1 heterocycles. The lowest BCUT2D eigenvalue weighted by atomic mass is 10.4. The minimum atomic E-state index is -2.87. The Kier molecular flexibility index (Phi) is 1.88. The van der Waals surface area contributed by atoms with Gasteiger partial charge in [0.25, 0.3) is 12.3 Å². The quantitative estimate of drug-likeness (QED) is 0.339. The summed E-state index contributed by atoms with van der Waals surface area (Å²) < 4.78 is 31.8. The van der Waals surface area contributed by atoms with Crippen molar-refractivity contribution in [1.82, 2.24) is 0 Å². The fourth-order valence-corrected chi connectivity index (χ4v) is 0.581.